The molecule has 1 heterocycles. The lowest BCUT2D eigenvalue weighted by Crippen LogP contribution is -2.50. The van der Waals surface area contributed by atoms with Crippen LogP contribution in [0.1, 0.15) is 0 Å². The highest BCUT2D eigenvalue weighted by molar-refractivity contribution is 5.82. The van der Waals surface area contributed by atoms with Gasteiger partial charge in [-0.25, -0.2) is 0 Å². The Balaban J connectivity index is 2.44. The molecule has 0 aromatic carbocycles. The van der Waals surface area contributed by atoms with E-state index in [9.17, 15) is 13.2 Å². The molecule has 0 amide bonds. The maximum absolute atomic E-state index is 12.0. The van der Waals surface area contributed by atoms with E-state index in [2.05, 4.69) is 0 Å². The molecule has 1 aliphatic heterocycles. The number of ether oxygens (including phenoxy) is 1. The number of rotatable bonds is 2. The van der Waals surface area contributed by atoms with Gasteiger partial charge >= 0.3 is 6.18 Å². The van der Waals surface area contributed by atoms with Crippen LogP contribution in [0.25, 0.3) is 0 Å². The summed E-state index contributed by atoms with van der Waals surface area (Å²) in [5.41, 5.74) is 5.14. The summed E-state index contributed by atoms with van der Waals surface area (Å²) in [6.07, 6.45) is -4.91. The molecule has 1 unspecified atom stereocenters. The lowest BCUT2D eigenvalue weighted by atomic mass is 10.2. The molecule has 4 nitrogen and oxygen atoms in total. The Hall–Kier alpha value is -0.820. The number of hydrogen-bond acceptors (Lipinski definition) is 3. The first-order chi connectivity index (χ1) is 6.38. The molecule has 0 aromatic rings. The van der Waals surface area contributed by atoms with E-state index < -0.39 is 18.8 Å². The van der Waals surface area contributed by atoms with Crippen LogP contribution in [-0.4, -0.2) is 49.3 Å². The fraction of sp³-hybridized carbons (Fsp3) is 0.857. The molecule has 1 saturated heterocycles. The summed E-state index contributed by atoms with van der Waals surface area (Å²) in [4.78, 5) is 1.19. The van der Waals surface area contributed by atoms with Gasteiger partial charge in [-0.1, -0.05) is 0 Å². The maximum Gasteiger partial charge on any atom is 0.401 e. The van der Waals surface area contributed by atoms with E-state index in [4.69, 9.17) is 15.9 Å². The lowest BCUT2D eigenvalue weighted by Gasteiger charge is -2.32. The molecule has 0 radical (unpaired) electrons. The van der Waals surface area contributed by atoms with Gasteiger partial charge in [0, 0.05) is 13.1 Å². The first-order valence-corrected chi connectivity index (χ1v) is 4.13. The summed E-state index contributed by atoms with van der Waals surface area (Å²) in [5.74, 6) is -0.225. The monoisotopic (exact) mass is 211 g/mol. The van der Waals surface area contributed by atoms with Gasteiger partial charge in [0.25, 0.3) is 0 Å². The van der Waals surface area contributed by atoms with E-state index in [1.165, 1.54) is 4.90 Å². The second-order valence-electron chi connectivity index (χ2n) is 3.17. The van der Waals surface area contributed by atoms with Gasteiger partial charge in [-0.05, 0) is 0 Å². The van der Waals surface area contributed by atoms with Crippen molar-refractivity contribution in [2.75, 3.05) is 26.2 Å². The topological polar surface area (TPSA) is 62.3 Å². The van der Waals surface area contributed by atoms with Gasteiger partial charge in [-0.15, -0.1) is 0 Å². The number of amidine groups is 1. The molecule has 1 atom stereocenters. The number of hydrogen-bond donors (Lipinski definition) is 2. The van der Waals surface area contributed by atoms with Crippen molar-refractivity contribution in [2.45, 2.75) is 12.3 Å². The molecule has 0 aliphatic carbocycles. The van der Waals surface area contributed by atoms with Gasteiger partial charge in [0.05, 0.1) is 13.2 Å². The smallest absolute Gasteiger partial charge is 0.385 e. The standard InChI is InChI=1S/C7H12F3N3O/c8-7(9,10)4-13-1-2-14-5(3-13)6(11)12/h5H,1-4H2,(H3,11,12). The predicted octanol–water partition coefficient (Wildman–Crippen LogP) is 0.185. The Morgan fingerprint density at radius 2 is 2.21 bits per heavy atom. The highest BCUT2D eigenvalue weighted by Gasteiger charge is 2.33. The van der Waals surface area contributed by atoms with Crippen LogP contribution in [0.4, 0.5) is 13.2 Å². The van der Waals surface area contributed by atoms with Crippen LogP contribution in [0.3, 0.4) is 0 Å². The summed E-state index contributed by atoms with van der Waals surface area (Å²) < 4.78 is 41.0. The Kier molecular flexibility index (Phi) is 3.33. The zero-order valence-corrected chi connectivity index (χ0v) is 7.47. The molecule has 3 N–H and O–H groups in total. The largest absolute Gasteiger partial charge is 0.401 e. The number of morpholine rings is 1. The summed E-state index contributed by atoms with van der Waals surface area (Å²) in [7, 11) is 0. The van der Waals surface area contributed by atoms with Crippen molar-refractivity contribution in [1.82, 2.24) is 4.90 Å². The SMILES string of the molecule is N=C(N)C1CN(CC(F)(F)F)CCO1. The minimum Gasteiger partial charge on any atom is -0.385 e. The van der Waals surface area contributed by atoms with E-state index in [1.54, 1.807) is 0 Å². The average Bonchev–Trinajstić information content (AvgIpc) is 2.01. The third kappa shape index (κ3) is 3.51. The van der Waals surface area contributed by atoms with Crippen molar-refractivity contribution in [3.8, 4) is 0 Å². The van der Waals surface area contributed by atoms with E-state index >= 15 is 0 Å². The minimum absolute atomic E-state index is 0.0366. The van der Waals surface area contributed by atoms with Crippen molar-refractivity contribution in [1.29, 1.82) is 5.41 Å². The molecule has 7 heteroatoms. The van der Waals surface area contributed by atoms with Crippen molar-refractivity contribution < 1.29 is 17.9 Å². The molecule has 1 fully saturated rings. The van der Waals surface area contributed by atoms with Crippen molar-refractivity contribution in [2.24, 2.45) is 5.73 Å². The summed E-state index contributed by atoms with van der Waals surface area (Å²) in [6.45, 7) is -0.529. The summed E-state index contributed by atoms with van der Waals surface area (Å²) in [5, 5.41) is 7.05. The van der Waals surface area contributed by atoms with Crippen LogP contribution in [0.15, 0.2) is 0 Å². The van der Waals surface area contributed by atoms with Crippen molar-refractivity contribution in [3.05, 3.63) is 0 Å². The molecule has 1 aliphatic rings. The van der Waals surface area contributed by atoms with Gasteiger partial charge in [0.1, 0.15) is 11.9 Å². The Morgan fingerprint density at radius 3 is 2.71 bits per heavy atom. The van der Waals surface area contributed by atoms with E-state index in [0.29, 0.717) is 0 Å². The fourth-order valence-corrected chi connectivity index (χ4v) is 1.29. The number of nitrogens with two attached hydrogens (primary N) is 1. The summed E-state index contributed by atoms with van der Waals surface area (Å²) in [6, 6.07) is 0. The minimum atomic E-state index is -4.21. The van der Waals surface area contributed by atoms with Gasteiger partial charge in [0.2, 0.25) is 0 Å². The quantitative estimate of drug-likeness (QED) is 0.506. The van der Waals surface area contributed by atoms with Gasteiger partial charge < -0.3 is 10.5 Å². The molecule has 0 bridgehead atoms. The Labute approximate surface area is 79.3 Å². The normalized spacial score (nSPS) is 24.9. The molecule has 0 spiro atoms. The molecule has 14 heavy (non-hydrogen) atoms. The van der Waals surface area contributed by atoms with Gasteiger partial charge in [-0.2, -0.15) is 13.2 Å². The predicted molar refractivity (Wildman–Crippen MR) is 44.1 cm³/mol. The molecule has 1 rings (SSSR count). The van der Waals surface area contributed by atoms with Crippen LogP contribution in [0.5, 0.6) is 0 Å². The first kappa shape index (κ1) is 11.3. The highest BCUT2D eigenvalue weighted by atomic mass is 19.4. The average molecular weight is 211 g/mol. The molecule has 0 saturated carbocycles. The van der Waals surface area contributed by atoms with E-state index in [1.807, 2.05) is 0 Å². The van der Waals surface area contributed by atoms with E-state index in [0.717, 1.165) is 0 Å². The van der Waals surface area contributed by atoms with Crippen LogP contribution in [0.2, 0.25) is 0 Å². The molecular formula is C7H12F3N3O. The highest BCUT2D eigenvalue weighted by Crippen LogP contribution is 2.18. The Morgan fingerprint density at radius 1 is 1.57 bits per heavy atom. The van der Waals surface area contributed by atoms with Crippen molar-refractivity contribution in [3.63, 3.8) is 0 Å². The zero-order chi connectivity index (χ0) is 10.8. The number of halogens is 3. The van der Waals surface area contributed by atoms with Crippen LogP contribution >= 0.6 is 0 Å². The number of alkyl halides is 3. The van der Waals surface area contributed by atoms with Crippen molar-refractivity contribution >= 4 is 5.84 Å². The van der Waals surface area contributed by atoms with Crippen LogP contribution < -0.4 is 5.73 Å². The number of nitrogens with one attached hydrogen (secondary N) is 1. The fourth-order valence-electron chi connectivity index (χ4n) is 1.29. The van der Waals surface area contributed by atoms with Crippen LogP contribution in [0, 0.1) is 5.41 Å². The van der Waals surface area contributed by atoms with Gasteiger partial charge in [0.15, 0.2) is 0 Å². The first-order valence-electron chi connectivity index (χ1n) is 4.13. The molecule has 82 valence electrons. The second-order valence-corrected chi connectivity index (χ2v) is 3.17. The Bertz CT molecular complexity index is 219. The van der Waals surface area contributed by atoms with E-state index in [-0.39, 0.29) is 25.5 Å². The number of nitrogens with zero attached hydrogens (tertiary/aromatic N) is 1. The maximum atomic E-state index is 12.0. The molecular weight excluding hydrogens is 199 g/mol. The third-order valence-corrected chi connectivity index (χ3v) is 1.90. The second kappa shape index (κ2) is 4.14. The zero-order valence-electron chi connectivity index (χ0n) is 7.47. The van der Waals surface area contributed by atoms with Crippen LogP contribution in [-0.2, 0) is 4.74 Å². The summed E-state index contributed by atoms with van der Waals surface area (Å²) >= 11 is 0. The lowest BCUT2D eigenvalue weighted by molar-refractivity contribution is -0.155. The molecule has 0 aromatic heterocycles. The third-order valence-electron chi connectivity index (χ3n) is 1.90. The van der Waals surface area contributed by atoms with Gasteiger partial charge in [-0.3, -0.25) is 10.3 Å².